The number of hydrogen-bond donors (Lipinski definition) is 1. The average molecular weight is 430 g/mol. The molecule has 1 unspecified atom stereocenters. The molecule has 2 fully saturated rings. The van der Waals surface area contributed by atoms with Crippen molar-refractivity contribution in [3.63, 3.8) is 0 Å². The average Bonchev–Trinajstić information content (AvgIpc) is 3.05. The number of carbonyl (C=O) groups is 1. The van der Waals surface area contributed by atoms with Crippen molar-refractivity contribution in [1.29, 1.82) is 0 Å². The molecule has 2 aromatic rings. The summed E-state index contributed by atoms with van der Waals surface area (Å²) in [5.41, 5.74) is 0.556. The minimum Gasteiger partial charge on any atom is -0.396 e. The van der Waals surface area contributed by atoms with Gasteiger partial charge in [-0.3, -0.25) is 4.79 Å². The summed E-state index contributed by atoms with van der Waals surface area (Å²) in [7, 11) is 0. The van der Waals surface area contributed by atoms with Gasteiger partial charge in [-0.05, 0) is 37.3 Å². The van der Waals surface area contributed by atoms with Gasteiger partial charge in [-0.2, -0.15) is 0 Å². The largest absolute Gasteiger partial charge is 0.396 e. The maximum atomic E-state index is 12.9. The molecule has 1 atom stereocenters. The van der Waals surface area contributed by atoms with E-state index < -0.39 is 0 Å². The molecule has 0 radical (unpaired) electrons. The van der Waals surface area contributed by atoms with Gasteiger partial charge in [-0.25, -0.2) is 9.97 Å². The lowest BCUT2D eigenvalue weighted by Crippen LogP contribution is -2.38. The van der Waals surface area contributed by atoms with Gasteiger partial charge in [0.2, 0.25) is 0 Å². The molecule has 1 N–H and O–H groups in total. The van der Waals surface area contributed by atoms with Crippen molar-refractivity contribution in [2.24, 2.45) is 5.92 Å². The molecule has 0 spiro atoms. The highest BCUT2D eigenvalue weighted by Gasteiger charge is 2.24. The van der Waals surface area contributed by atoms with Crippen LogP contribution >= 0.6 is 11.6 Å². The topological polar surface area (TPSA) is 72.8 Å². The predicted molar refractivity (Wildman–Crippen MR) is 118 cm³/mol. The molecular weight excluding hydrogens is 402 g/mol. The van der Waals surface area contributed by atoms with Crippen LogP contribution < -0.4 is 9.80 Å². The standard InChI is InChI=1S/C22H28ClN5O2/c23-19-7-2-1-6-18(19)22(30)27-10-4-9-26(11-12-27)20-13-21(25-16-24-20)28-8-3-5-17(14-28)15-29/h1-2,6-7,13,16-17,29H,3-5,8-12,14-15H2. The molecule has 3 heterocycles. The van der Waals surface area contributed by atoms with Gasteiger partial charge in [0.05, 0.1) is 10.6 Å². The highest BCUT2D eigenvalue weighted by molar-refractivity contribution is 6.33. The third kappa shape index (κ3) is 4.68. The van der Waals surface area contributed by atoms with Crippen LogP contribution in [0.25, 0.3) is 0 Å². The summed E-state index contributed by atoms with van der Waals surface area (Å²) in [4.78, 5) is 28.2. The summed E-state index contributed by atoms with van der Waals surface area (Å²) < 4.78 is 0. The van der Waals surface area contributed by atoms with Crippen molar-refractivity contribution < 1.29 is 9.90 Å². The number of aliphatic hydroxyl groups is 1. The number of carbonyl (C=O) groups excluding carboxylic acids is 1. The lowest BCUT2D eigenvalue weighted by molar-refractivity contribution is 0.0767. The van der Waals surface area contributed by atoms with E-state index >= 15 is 0 Å². The Labute approximate surface area is 182 Å². The predicted octanol–water partition coefficient (Wildman–Crippen LogP) is 2.69. The first-order valence-corrected chi connectivity index (χ1v) is 11.0. The van der Waals surface area contributed by atoms with Gasteiger partial charge in [0, 0.05) is 51.9 Å². The minimum absolute atomic E-state index is 0.0193. The molecule has 1 amide bonds. The molecule has 2 aliphatic heterocycles. The van der Waals surface area contributed by atoms with Gasteiger partial charge < -0.3 is 19.8 Å². The summed E-state index contributed by atoms with van der Waals surface area (Å²) >= 11 is 6.22. The second-order valence-corrected chi connectivity index (χ2v) is 8.39. The zero-order valence-corrected chi connectivity index (χ0v) is 17.8. The van der Waals surface area contributed by atoms with Crippen LogP contribution in [0.1, 0.15) is 29.6 Å². The maximum Gasteiger partial charge on any atom is 0.255 e. The number of halogens is 1. The van der Waals surface area contributed by atoms with Crippen LogP contribution in [-0.2, 0) is 0 Å². The van der Waals surface area contributed by atoms with Crippen molar-refractivity contribution in [3.05, 3.63) is 47.2 Å². The second kappa shape index (κ2) is 9.62. The van der Waals surface area contributed by atoms with Crippen LogP contribution in [0.15, 0.2) is 36.7 Å². The van der Waals surface area contributed by atoms with Gasteiger partial charge in [0.1, 0.15) is 18.0 Å². The first kappa shape index (κ1) is 20.9. The number of anilines is 2. The summed E-state index contributed by atoms with van der Waals surface area (Å²) in [5, 5.41) is 10.00. The van der Waals surface area contributed by atoms with E-state index in [1.165, 1.54) is 0 Å². The number of piperidine rings is 1. The number of amides is 1. The third-order valence-corrected chi connectivity index (χ3v) is 6.28. The van der Waals surface area contributed by atoms with E-state index in [0.29, 0.717) is 36.1 Å². The molecule has 0 aliphatic carbocycles. The Hall–Kier alpha value is -2.38. The summed E-state index contributed by atoms with van der Waals surface area (Å²) in [6.45, 7) is 4.87. The fraction of sp³-hybridized carbons (Fsp3) is 0.500. The number of rotatable bonds is 4. The van der Waals surface area contributed by atoms with Crippen LogP contribution in [0, 0.1) is 5.92 Å². The Morgan fingerprint density at radius 1 is 1.03 bits per heavy atom. The quantitative estimate of drug-likeness (QED) is 0.805. The highest BCUT2D eigenvalue weighted by Crippen LogP contribution is 2.25. The Kier molecular flexibility index (Phi) is 6.69. The maximum absolute atomic E-state index is 12.9. The Morgan fingerprint density at radius 3 is 2.60 bits per heavy atom. The number of hydrogen-bond acceptors (Lipinski definition) is 6. The van der Waals surface area contributed by atoms with Gasteiger partial charge >= 0.3 is 0 Å². The zero-order valence-electron chi connectivity index (χ0n) is 17.1. The fourth-order valence-electron chi connectivity index (χ4n) is 4.26. The van der Waals surface area contributed by atoms with Gasteiger partial charge in [-0.1, -0.05) is 23.7 Å². The van der Waals surface area contributed by atoms with Crippen molar-refractivity contribution in [1.82, 2.24) is 14.9 Å². The van der Waals surface area contributed by atoms with Crippen molar-refractivity contribution in [2.45, 2.75) is 19.3 Å². The lowest BCUT2D eigenvalue weighted by Gasteiger charge is -2.33. The normalized spacial score (nSPS) is 20.2. The molecule has 8 heteroatoms. The molecular formula is C22H28ClN5O2. The van der Waals surface area contributed by atoms with Crippen LogP contribution in [0.5, 0.6) is 0 Å². The number of benzene rings is 1. The van der Waals surface area contributed by atoms with Crippen molar-refractivity contribution in [3.8, 4) is 0 Å². The summed E-state index contributed by atoms with van der Waals surface area (Å²) in [6.07, 6.45) is 4.61. The molecule has 4 rings (SSSR count). The Morgan fingerprint density at radius 2 is 1.80 bits per heavy atom. The van der Waals surface area contributed by atoms with Crippen molar-refractivity contribution >= 4 is 29.1 Å². The molecule has 2 saturated heterocycles. The lowest BCUT2D eigenvalue weighted by atomic mass is 9.99. The smallest absolute Gasteiger partial charge is 0.255 e. The van der Waals surface area contributed by atoms with Gasteiger partial charge in [0.15, 0.2) is 0 Å². The molecule has 0 bridgehead atoms. The number of aliphatic hydroxyl groups excluding tert-OH is 1. The monoisotopic (exact) mass is 429 g/mol. The SMILES string of the molecule is O=C(c1ccccc1Cl)N1CCCN(c2cc(N3CCCC(CO)C3)ncn2)CC1. The van der Waals surface area contributed by atoms with Crippen LogP contribution in [0.4, 0.5) is 11.6 Å². The van der Waals surface area contributed by atoms with Gasteiger partial charge in [-0.15, -0.1) is 0 Å². The molecule has 2 aliphatic rings. The van der Waals surface area contributed by atoms with E-state index in [1.54, 1.807) is 18.5 Å². The Bertz CT molecular complexity index is 880. The van der Waals surface area contributed by atoms with Crippen LogP contribution in [0.2, 0.25) is 5.02 Å². The summed E-state index contributed by atoms with van der Waals surface area (Å²) in [6, 6.07) is 9.24. The number of aromatic nitrogens is 2. The van der Waals surface area contributed by atoms with E-state index in [4.69, 9.17) is 11.6 Å². The molecule has 30 heavy (non-hydrogen) atoms. The molecule has 1 aromatic carbocycles. The highest BCUT2D eigenvalue weighted by atomic mass is 35.5. The van der Waals surface area contributed by atoms with Crippen LogP contribution in [-0.4, -0.2) is 71.8 Å². The van der Waals surface area contributed by atoms with Gasteiger partial charge in [0.25, 0.3) is 5.91 Å². The Balaban J connectivity index is 1.43. The first-order valence-electron chi connectivity index (χ1n) is 10.6. The van der Waals surface area contributed by atoms with E-state index in [0.717, 1.165) is 50.5 Å². The number of nitrogens with zero attached hydrogens (tertiary/aromatic N) is 5. The van der Waals surface area contributed by atoms with E-state index in [1.807, 2.05) is 23.1 Å². The van der Waals surface area contributed by atoms with Crippen molar-refractivity contribution in [2.75, 3.05) is 55.7 Å². The van der Waals surface area contributed by atoms with E-state index in [9.17, 15) is 9.90 Å². The fourth-order valence-corrected chi connectivity index (χ4v) is 4.48. The van der Waals surface area contributed by atoms with Crippen LogP contribution in [0.3, 0.4) is 0 Å². The molecule has 0 saturated carbocycles. The summed E-state index contributed by atoms with van der Waals surface area (Å²) in [5.74, 6) is 2.08. The minimum atomic E-state index is -0.0193. The second-order valence-electron chi connectivity index (χ2n) is 7.98. The van der Waals surface area contributed by atoms with E-state index in [-0.39, 0.29) is 12.5 Å². The molecule has 7 nitrogen and oxygen atoms in total. The first-order chi connectivity index (χ1) is 14.7. The molecule has 1 aromatic heterocycles. The molecule has 160 valence electrons. The zero-order chi connectivity index (χ0) is 20.9. The van der Waals surface area contributed by atoms with E-state index in [2.05, 4.69) is 19.8 Å². The third-order valence-electron chi connectivity index (χ3n) is 5.95.